The fraction of sp³-hybridized carbons (Fsp3) is 0.0909. The van der Waals surface area contributed by atoms with Crippen LogP contribution in [0, 0.1) is 0 Å². The van der Waals surface area contributed by atoms with Crippen molar-refractivity contribution in [1.82, 2.24) is 20.2 Å². The largest absolute Gasteiger partial charge is 0.477 e. The van der Waals surface area contributed by atoms with Crippen molar-refractivity contribution in [2.75, 3.05) is 5.32 Å². The Morgan fingerprint density at radius 1 is 1.33 bits per heavy atom. The van der Waals surface area contributed by atoms with Crippen LogP contribution in [0.15, 0.2) is 42.1 Å². The minimum Gasteiger partial charge on any atom is -0.477 e. The van der Waals surface area contributed by atoms with Crippen molar-refractivity contribution in [1.29, 1.82) is 0 Å². The summed E-state index contributed by atoms with van der Waals surface area (Å²) < 4.78 is 1.54. The maximum absolute atomic E-state index is 11.1. The molecule has 1 aliphatic heterocycles. The second-order valence-electron chi connectivity index (χ2n) is 3.81. The van der Waals surface area contributed by atoms with Gasteiger partial charge in [0.05, 0.1) is 0 Å². The van der Waals surface area contributed by atoms with E-state index in [0.717, 1.165) is 5.56 Å². The van der Waals surface area contributed by atoms with Crippen LogP contribution in [0.1, 0.15) is 11.6 Å². The van der Waals surface area contributed by atoms with E-state index in [9.17, 15) is 4.79 Å². The van der Waals surface area contributed by atoms with Crippen molar-refractivity contribution in [3.05, 3.63) is 47.7 Å². The number of aromatic nitrogens is 4. The molecule has 1 aromatic heterocycles. The topological polar surface area (TPSA) is 92.9 Å². The van der Waals surface area contributed by atoms with Gasteiger partial charge in [0, 0.05) is 0 Å². The van der Waals surface area contributed by atoms with Crippen LogP contribution >= 0.6 is 0 Å². The summed E-state index contributed by atoms with van der Waals surface area (Å²) in [6.07, 6.45) is 1.58. The molecule has 1 aromatic carbocycles. The summed E-state index contributed by atoms with van der Waals surface area (Å²) in [5.41, 5.74) is 0.998. The number of benzene rings is 1. The predicted molar refractivity (Wildman–Crippen MR) is 61.7 cm³/mol. The Kier molecular flexibility index (Phi) is 2.30. The first-order chi connectivity index (χ1) is 8.75. The second-order valence-corrected chi connectivity index (χ2v) is 3.81. The summed E-state index contributed by atoms with van der Waals surface area (Å²) in [5, 5.41) is 22.9. The van der Waals surface area contributed by atoms with Crippen molar-refractivity contribution >= 4 is 11.9 Å². The van der Waals surface area contributed by atoms with Crippen LogP contribution in [0.3, 0.4) is 0 Å². The lowest BCUT2D eigenvalue weighted by Gasteiger charge is -2.21. The molecule has 1 atom stereocenters. The zero-order chi connectivity index (χ0) is 12.5. The molecule has 1 aliphatic rings. The van der Waals surface area contributed by atoms with Crippen molar-refractivity contribution < 1.29 is 9.90 Å². The van der Waals surface area contributed by atoms with Gasteiger partial charge in [-0.05, 0) is 22.1 Å². The number of carboxylic acid groups (broad SMARTS) is 1. The van der Waals surface area contributed by atoms with Gasteiger partial charge in [0.1, 0.15) is 11.7 Å². The lowest BCUT2D eigenvalue weighted by atomic mass is 10.0. The molecule has 0 saturated carbocycles. The molecular formula is C11H9N5O2. The highest BCUT2D eigenvalue weighted by Gasteiger charge is 2.25. The average molecular weight is 243 g/mol. The number of nitrogens with zero attached hydrogens (tertiary/aromatic N) is 4. The number of anilines is 1. The molecule has 2 heterocycles. The van der Waals surface area contributed by atoms with Crippen LogP contribution in [0.5, 0.6) is 0 Å². The van der Waals surface area contributed by atoms with E-state index in [4.69, 9.17) is 5.11 Å². The normalized spacial score (nSPS) is 17.6. The molecule has 2 N–H and O–H groups in total. The molecule has 0 unspecified atom stereocenters. The summed E-state index contributed by atoms with van der Waals surface area (Å²) >= 11 is 0. The monoisotopic (exact) mass is 243 g/mol. The Morgan fingerprint density at radius 3 is 2.83 bits per heavy atom. The third-order valence-electron chi connectivity index (χ3n) is 2.70. The number of hydrogen-bond donors (Lipinski definition) is 2. The predicted octanol–water partition coefficient (Wildman–Crippen LogP) is 0.656. The first-order valence-corrected chi connectivity index (χ1v) is 5.30. The molecule has 0 saturated heterocycles. The average Bonchev–Trinajstić information content (AvgIpc) is 2.86. The summed E-state index contributed by atoms with van der Waals surface area (Å²) in [4.78, 5) is 11.1. The molecule has 0 fully saturated rings. The van der Waals surface area contributed by atoms with Gasteiger partial charge in [-0.3, -0.25) is 0 Å². The zero-order valence-electron chi connectivity index (χ0n) is 9.19. The van der Waals surface area contributed by atoms with Gasteiger partial charge in [-0.2, -0.15) is 4.68 Å². The number of allylic oxidation sites excluding steroid dienone is 1. The number of fused-ring (bicyclic) bond motifs is 1. The smallest absolute Gasteiger partial charge is 0.352 e. The first kappa shape index (κ1) is 10.5. The third-order valence-corrected chi connectivity index (χ3v) is 2.70. The summed E-state index contributed by atoms with van der Waals surface area (Å²) in [6, 6.07) is 9.15. The number of hydrogen-bond acceptors (Lipinski definition) is 5. The van der Waals surface area contributed by atoms with Crippen LogP contribution in [0.25, 0.3) is 0 Å². The molecule has 2 aromatic rings. The van der Waals surface area contributed by atoms with Gasteiger partial charge < -0.3 is 10.4 Å². The lowest BCUT2D eigenvalue weighted by molar-refractivity contribution is -0.132. The Labute approximate surface area is 102 Å². The molecule has 7 nitrogen and oxygen atoms in total. The lowest BCUT2D eigenvalue weighted by Crippen LogP contribution is -2.24. The summed E-state index contributed by atoms with van der Waals surface area (Å²) in [6.45, 7) is 0. The van der Waals surface area contributed by atoms with Crippen LogP contribution in [-0.2, 0) is 4.79 Å². The minimum absolute atomic E-state index is 0.0751. The maximum atomic E-state index is 11.1. The van der Waals surface area contributed by atoms with Gasteiger partial charge in [0.25, 0.3) is 0 Å². The molecule has 0 bridgehead atoms. The van der Waals surface area contributed by atoms with Crippen molar-refractivity contribution in [3.8, 4) is 0 Å². The number of aliphatic carboxylic acids is 1. The van der Waals surface area contributed by atoms with Gasteiger partial charge in [0.2, 0.25) is 5.95 Å². The van der Waals surface area contributed by atoms with Crippen LogP contribution in [0.2, 0.25) is 0 Å². The highest BCUT2D eigenvalue weighted by molar-refractivity contribution is 5.90. The van der Waals surface area contributed by atoms with Crippen LogP contribution < -0.4 is 5.32 Å². The van der Waals surface area contributed by atoms with E-state index < -0.39 is 5.97 Å². The van der Waals surface area contributed by atoms with Gasteiger partial charge in [-0.25, -0.2) is 4.79 Å². The number of nitrogens with one attached hydrogen (secondary N) is 1. The fourth-order valence-electron chi connectivity index (χ4n) is 1.87. The Bertz CT molecular complexity index is 619. The number of rotatable bonds is 2. The van der Waals surface area contributed by atoms with E-state index >= 15 is 0 Å². The van der Waals surface area contributed by atoms with E-state index in [0.29, 0.717) is 5.95 Å². The number of carbonyl (C=O) groups is 1. The molecule has 0 aliphatic carbocycles. The van der Waals surface area contributed by atoms with Crippen molar-refractivity contribution in [2.45, 2.75) is 6.04 Å². The molecule has 18 heavy (non-hydrogen) atoms. The Hall–Kier alpha value is -2.70. The fourth-order valence-corrected chi connectivity index (χ4v) is 1.87. The highest BCUT2D eigenvalue weighted by Crippen LogP contribution is 2.27. The zero-order valence-corrected chi connectivity index (χ0v) is 9.19. The first-order valence-electron chi connectivity index (χ1n) is 5.30. The maximum Gasteiger partial charge on any atom is 0.352 e. The van der Waals surface area contributed by atoms with Crippen molar-refractivity contribution in [2.24, 2.45) is 0 Å². The molecular weight excluding hydrogens is 234 g/mol. The Balaban J connectivity index is 2.10. The van der Waals surface area contributed by atoms with Gasteiger partial charge in [-0.15, -0.1) is 0 Å². The highest BCUT2D eigenvalue weighted by atomic mass is 16.4. The SMILES string of the molecule is O=C(O)C1=C[C@H](c2ccccc2)n2nnnc2N1. The molecule has 0 spiro atoms. The van der Waals surface area contributed by atoms with E-state index in [1.165, 1.54) is 0 Å². The molecule has 3 rings (SSSR count). The number of carboxylic acids is 1. The van der Waals surface area contributed by atoms with E-state index in [1.54, 1.807) is 10.8 Å². The van der Waals surface area contributed by atoms with Crippen LogP contribution in [0.4, 0.5) is 5.95 Å². The van der Waals surface area contributed by atoms with Gasteiger partial charge in [0.15, 0.2) is 0 Å². The van der Waals surface area contributed by atoms with Gasteiger partial charge >= 0.3 is 5.97 Å². The second kappa shape index (κ2) is 3.95. The summed E-state index contributed by atoms with van der Waals surface area (Å²) in [5.74, 6) is -0.714. The number of tetrazole rings is 1. The molecule has 0 amide bonds. The molecule has 0 radical (unpaired) electrons. The van der Waals surface area contributed by atoms with Gasteiger partial charge in [-0.1, -0.05) is 35.4 Å². The Morgan fingerprint density at radius 2 is 2.11 bits per heavy atom. The molecule has 7 heteroatoms. The third kappa shape index (κ3) is 1.61. The minimum atomic E-state index is -1.04. The van der Waals surface area contributed by atoms with E-state index in [2.05, 4.69) is 20.8 Å². The van der Waals surface area contributed by atoms with Crippen molar-refractivity contribution in [3.63, 3.8) is 0 Å². The molecule has 90 valence electrons. The van der Waals surface area contributed by atoms with E-state index in [-0.39, 0.29) is 11.7 Å². The summed E-state index contributed by atoms with van der Waals surface area (Å²) in [7, 11) is 0. The quantitative estimate of drug-likeness (QED) is 0.804. The van der Waals surface area contributed by atoms with E-state index in [1.807, 2.05) is 30.3 Å². The van der Waals surface area contributed by atoms with Crippen LogP contribution in [-0.4, -0.2) is 31.3 Å². The standard InChI is InChI=1S/C11H9N5O2/c17-10(18)8-6-9(7-4-2-1-3-5-7)16-11(12-8)13-14-15-16/h1-6,9H,(H,17,18)(H,12,13,15)/t9-/m1/s1.